The minimum Gasteiger partial charge on any atom is -0.404 e. The fraction of sp³-hybridized carbons (Fsp3) is 0.333. The van der Waals surface area contributed by atoms with Crippen LogP contribution in [-0.4, -0.2) is 44.2 Å². The molecule has 12 heteroatoms. The van der Waals surface area contributed by atoms with Crippen molar-refractivity contribution < 1.29 is 33.1 Å². The first-order valence-corrected chi connectivity index (χ1v) is 10.4. The van der Waals surface area contributed by atoms with Crippen LogP contribution in [0.25, 0.3) is 0 Å². The predicted octanol–water partition coefficient (Wildman–Crippen LogP) is 0.735. The molecular weight excluding hydrogens is 417 g/mol. The molecule has 0 saturated carbocycles. The second-order valence-electron chi connectivity index (χ2n) is 6.84. The summed E-state index contributed by atoms with van der Waals surface area (Å²) in [6.45, 7) is 3.10. The zero-order valence-electron chi connectivity index (χ0n) is 15.7. The van der Waals surface area contributed by atoms with Gasteiger partial charge < -0.3 is 25.2 Å². The maximum absolute atomic E-state index is 12.9. The minimum atomic E-state index is -4.03. The number of hydrogen-bond acceptors (Lipinski definition) is 10. The Morgan fingerprint density at radius 2 is 2.17 bits per heavy atom. The van der Waals surface area contributed by atoms with Crippen molar-refractivity contribution in [3.05, 3.63) is 65.2 Å². The van der Waals surface area contributed by atoms with E-state index in [0.717, 1.165) is 4.57 Å². The quantitative estimate of drug-likeness (QED) is 0.450. The maximum Gasteiger partial charge on any atom is 0.530 e. The molecule has 2 aliphatic heterocycles. The number of aliphatic hydroxyl groups excluding tert-OH is 2. The third kappa shape index (κ3) is 3.56. The molecule has 0 bridgehead atoms. The van der Waals surface area contributed by atoms with Crippen LogP contribution in [0, 0.1) is 0 Å². The number of rotatable bonds is 5. The van der Waals surface area contributed by atoms with Gasteiger partial charge in [-0.2, -0.15) is 4.98 Å². The Bertz CT molecular complexity index is 1080. The molecule has 1 fully saturated rings. The highest BCUT2D eigenvalue weighted by atomic mass is 31.2. The van der Waals surface area contributed by atoms with Gasteiger partial charge in [0.1, 0.15) is 29.4 Å². The first kappa shape index (κ1) is 20.7. The van der Waals surface area contributed by atoms with Crippen molar-refractivity contribution >= 4 is 13.6 Å². The Morgan fingerprint density at radius 1 is 1.40 bits per heavy atom. The number of nitrogens with two attached hydrogens (primary N) is 1. The lowest BCUT2D eigenvalue weighted by molar-refractivity contribution is -0.0986. The summed E-state index contributed by atoms with van der Waals surface area (Å²) in [4.78, 5) is 15.7. The first-order valence-electron chi connectivity index (χ1n) is 8.96. The summed E-state index contributed by atoms with van der Waals surface area (Å²) < 4.78 is 35.6. The van der Waals surface area contributed by atoms with Crippen molar-refractivity contribution in [2.24, 2.45) is 0 Å². The van der Waals surface area contributed by atoms with Crippen molar-refractivity contribution in [3.8, 4) is 5.75 Å². The molecule has 1 unspecified atom stereocenters. The topological polar surface area (TPSA) is 155 Å². The molecule has 1 aromatic carbocycles. The third-order valence-electron chi connectivity index (χ3n) is 4.94. The van der Waals surface area contributed by atoms with E-state index in [1.807, 2.05) is 0 Å². The number of aromatic nitrogens is 2. The van der Waals surface area contributed by atoms with E-state index in [1.165, 1.54) is 18.3 Å². The Labute approximate surface area is 170 Å². The second kappa shape index (κ2) is 7.62. The van der Waals surface area contributed by atoms with Crippen molar-refractivity contribution in [1.29, 1.82) is 0 Å². The lowest BCUT2D eigenvalue weighted by Crippen LogP contribution is -2.45. The molecule has 5 atom stereocenters. The molecule has 0 aliphatic carbocycles. The van der Waals surface area contributed by atoms with Crippen LogP contribution in [0.3, 0.4) is 0 Å². The third-order valence-corrected chi connectivity index (χ3v) is 6.25. The molecule has 1 saturated heterocycles. The van der Waals surface area contributed by atoms with E-state index in [-0.39, 0.29) is 12.4 Å². The van der Waals surface area contributed by atoms with E-state index < -0.39 is 44.2 Å². The summed E-state index contributed by atoms with van der Waals surface area (Å²) in [6, 6.07) is 8.22. The van der Waals surface area contributed by atoms with Gasteiger partial charge in [-0.3, -0.25) is 13.6 Å². The summed E-state index contributed by atoms with van der Waals surface area (Å²) in [5.41, 5.74) is 3.69. The highest BCUT2D eigenvalue weighted by Gasteiger charge is 2.55. The predicted molar refractivity (Wildman–Crippen MR) is 103 cm³/mol. The highest BCUT2D eigenvalue weighted by molar-refractivity contribution is 7.49. The smallest absolute Gasteiger partial charge is 0.404 e. The van der Waals surface area contributed by atoms with Crippen molar-refractivity contribution in [3.63, 3.8) is 0 Å². The number of benzene rings is 1. The van der Waals surface area contributed by atoms with Gasteiger partial charge in [-0.1, -0.05) is 24.3 Å². The number of fused-ring (bicyclic) bond motifs is 1. The van der Waals surface area contributed by atoms with Gasteiger partial charge in [0.15, 0.2) is 6.23 Å². The van der Waals surface area contributed by atoms with Crippen molar-refractivity contribution in [2.75, 3.05) is 12.3 Å². The van der Waals surface area contributed by atoms with Crippen LogP contribution < -0.4 is 15.9 Å². The monoisotopic (exact) mass is 437 g/mol. The van der Waals surface area contributed by atoms with Crippen LogP contribution in [0.1, 0.15) is 11.8 Å². The molecular formula is C18H20N3O8P. The summed E-state index contributed by atoms with van der Waals surface area (Å²) in [5, 5.41) is 21.1. The maximum atomic E-state index is 12.9. The Kier molecular flexibility index (Phi) is 5.27. The zero-order chi connectivity index (χ0) is 21.5. The van der Waals surface area contributed by atoms with Gasteiger partial charge in [-0.15, -0.1) is 6.58 Å². The number of nitrogens with zero attached hydrogens (tertiary/aromatic N) is 2. The number of anilines is 1. The number of ether oxygens (including phenoxy) is 1. The van der Waals surface area contributed by atoms with Gasteiger partial charge in [0, 0.05) is 11.8 Å². The van der Waals surface area contributed by atoms with Gasteiger partial charge in [0.05, 0.1) is 13.2 Å². The summed E-state index contributed by atoms with van der Waals surface area (Å²) in [7, 11) is -4.03. The van der Waals surface area contributed by atoms with E-state index in [1.54, 1.807) is 24.3 Å². The molecule has 11 nitrogen and oxygen atoms in total. The number of phosphoric acid groups is 1. The lowest BCUT2D eigenvalue weighted by atomic mass is 9.96. The zero-order valence-corrected chi connectivity index (χ0v) is 16.6. The molecule has 1 aromatic heterocycles. The SMILES string of the molecule is C=C[C@]1(COP2(=O)OCc3ccccc3O2)O[C@@H](n2ccc(N)nc2=O)[C@H](O)[C@@H]1O. The standard InChI is InChI=1S/C18H20N3O8P/c1-2-18(10-27-30(25)26-9-11-5-3-4-6-12(11)29-30)15(23)14(22)16(28-18)21-8-7-13(19)20-17(21)24/h2-8,14-16,22-23H,1,9-10H2,(H2,19,20,24)/t14-,15+,16-,18-,30?/m1/s1. The normalized spacial score (nSPS) is 32.9. The van der Waals surface area contributed by atoms with Crippen LogP contribution >= 0.6 is 7.82 Å². The highest BCUT2D eigenvalue weighted by Crippen LogP contribution is 2.55. The van der Waals surface area contributed by atoms with Crippen molar-refractivity contribution in [1.82, 2.24) is 9.55 Å². The van der Waals surface area contributed by atoms with E-state index in [4.69, 9.17) is 24.0 Å². The van der Waals surface area contributed by atoms with Gasteiger partial charge in [0.25, 0.3) is 0 Å². The van der Waals surface area contributed by atoms with Crippen LogP contribution in [0.15, 0.2) is 54.0 Å². The Hall–Kier alpha value is -2.53. The van der Waals surface area contributed by atoms with Crippen LogP contribution in [0.5, 0.6) is 5.75 Å². The molecule has 4 N–H and O–H groups in total. The Morgan fingerprint density at radius 3 is 2.90 bits per heavy atom. The van der Waals surface area contributed by atoms with Crippen LogP contribution in [0.2, 0.25) is 0 Å². The summed E-state index contributed by atoms with van der Waals surface area (Å²) in [5.74, 6) is 0.345. The van der Waals surface area contributed by atoms with E-state index >= 15 is 0 Å². The van der Waals surface area contributed by atoms with E-state index in [0.29, 0.717) is 11.3 Å². The summed E-state index contributed by atoms with van der Waals surface area (Å²) >= 11 is 0. The molecule has 3 heterocycles. The van der Waals surface area contributed by atoms with Gasteiger partial charge in [-0.05, 0) is 12.1 Å². The molecule has 2 aromatic rings. The number of hydrogen-bond donors (Lipinski definition) is 3. The Balaban J connectivity index is 1.54. The molecule has 4 rings (SSSR count). The second-order valence-corrected chi connectivity index (χ2v) is 8.43. The fourth-order valence-corrected chi connectivity index (χ4v) is 4.50. The van der Waals surface area contributed by atoms with Gasteiger partial charge in [-0.25, -0.2) is 9.36 Å². The van der Waals surface area contributed by atoms with E-state index in [2.05, 4.69) is 11.6 Å². The average Bonchev–Trinajstić information content (AvgIpc) is 2.98. The van der Waals surface area contributed by atoms with Gasteiger partial charge in [0.2, 0.25) is 0 Å². The molecule has 0 spiro atoms. The number of phosphoric ester groups is 1. The number of para-hydroxylation sites is 1. The van der Waals surface area contributed by atoms with Crippen LogP contribution in [-0.2, 0) is 25.0 Å². The summed E-state index contributed by atoms with van der Waals surface area (Å²) in [6.07, 6.45) is -1.94. The number of nitrogen functional groups attached to an aromatic ring is 1. The van der Waals surface area contributed by atoms with E-state index in [9.17, 15) is 19.6 Å². The van der Waals surface area contributed by atoms with Gasteiger partial charge >= 0.3 is 13.5 Å². The molecule has 30 heavy (non-hydrogen) atoms. The average molecular weight is 437 g/mol. The number of aliphatic hydroxyl groups is 2. The molecule has 2 aliphatic rings. The molecule has 160 valence electrons. The largest absolute Gasteiger partial charge is 0.530 e. The molecule has 0 amide bonds. The molecule has 0 radical (unpaired) electrons. The minimum absolute atomic E-state index is 0.00687. The van der Waals surface area contributed by atoms with Crippen molar-refractivity contribution in [2.45, 2.75) is 30.6 Å². The van der Waals surface area contributed by atoms with Crippen LogP contribution in [0.4, 0.5) is 5.82 Å². The first-order chi connectivity index (χ1) is 14.3. The lowest BCUT2D eigenvalue weighted by Gasteiger charge is -2.31. The fourth-order valence-electron chi connectivity index (χ4n) is 3.25.